The fourth-order valence-corrected chi connectivity index (χ4v) is 1.76. The molecule has 1 heterocycles. The van der Waals surface area contributed by atoms with Gasteiger partial charge in [-0.2, -0.15) is 0 Å². The number of rotatable bonds is 3. The standard InChI is InChI=1S/C13H14O2/c1-3-9(2)13-11(8-14)10-6-4-5-7-12(10)15-13/h4-9H,3H2,1-2H3. The Morgan fingerprint density at radius 2 is 2.13 bits per heavy atom. The van der Waals surface area contributed by atoms with E-state index < -0.39 is 0 Å². The van der Waals surface area contributed by atoms with Gasteiger partial charge in [0.2, 0.25) is 0 Å². The molecule has 78 valence electrons. The Labute approximate surface area is 88.9 Å². The van der Waals surface area contributed by atoms with Gasteiger partial charge in [-0.05, 0) is 12.5 Å². The second-order valence-electron chi connectivity index (χ2n) is 3.80. The summed E-state index contributed by atoms with van der Waals surface area (Å²) in [6.07, 6.45) is 1.87. The number of hydrogen-bond donors (Lipinski definition) is 0. The van der Waals surface area contributed by atoms with Crippen LogP contribution in [0.15, 0.2) is 28.7 Å². The normalized spacial score (nSPS) is 12.9. The molecular weight excluding hydrogens is 188 g/mol. The third-order valence-electron chi connectivity index (χ3n) is 2.84. The Morgan fingerprint density at radius 3 is 2.80 bits per heavy atom. The maximum absolute atomic E-state index is 11.1. The van der Waals surface area contributed by atoms with E-state index in [1.807, 2.05) is 24.3 Å². The molecule has 0 saturated carbocycles. The van der Waals surface area contributed by atoms with Crippen molar-refractivity contribution in [3.05, 3.63) is 35.6 Å². The van der Waals surface area contributed by atoms with Crippen molar-refractivity contribution < 1.29 is 9.21 Å². The van der Waals surface area contributed by atoms with Crippen molar-refractivity contribution in [1.82, 2.24) is 0 Å². The lowest BCUT2D eigenvalue weighted by Gasteiger charge is -2.04. The van der Waals surface area contributed by atoms with Gasteiger partial charge in [-0.1, -0.05) is 32.0 Å². The maximum atomic E-state index is 11.1. The molecule has 0 radical (unpaired) electrons. The summed E-state index contributed by atoms with van der Waals surface area (Å²) in [6.45, 7) is 4.16. The average Bonchev–Trinajstić information content (AvgIpc) is 2.66. The molecule has 0 amide bonds. The average molecular weight is 202 g/mol. The number of carbonyl (C=O) groups is 1. The Morgan fingerprint density at radius 1 is 1.40 bits per heavy atom. The van der Waals surface area contributed by atoms with Gasteiger partial charge in [0.1, 0.15) is 11.3 Å². The molecule has 0 saturated heterocycles. The molecule has 2 nitrogen and oxygen atoms in total. The third kappa shape index (κ3) is 1.56. The number of furan rings is 1. The van der Waals surface area contributed by atoms with Crippen LogP contribution >= 0.6 is 0 Å². The van der Waals surface area contributed by atoms with Crippen LogP contribution in [0.3, 0.4) is 0 Å². The van der Waals surface area contributed by atoms with Crippen molar-refractivity contribution in [3.8, 4) is 0 Å². The first-order valence-electron chi connectivity index (χ1n) is 5.24. The third-order valence-corrected chi connectivity index (χ3v) is 2.84. The molecule has 0 aliphatic heterocycles. The molecule has 2 heteroatoms. The summed E-state index contributed by atoms with van der Waals surface area (Å²) < 4.78 is 5.71. The fourth-order valence-electron chi connectivity index (χ4n) is 1.76. The van der Waals surface area contributed by atoms with Crippen LogP contribution in [0.25, 0.3) is 11.0 Å². The maximum Gasteiger partial charge on any atom is 0.154 e. The van der Waals surface area contributed by atoms with E-state index in [1.54, 1.807) is 0 Å². The highest BCUT2D eigenvalue weighted by Gasteiger charge is 2.17. The van der Waals surface area contributed by atoms with Gasteiger partial charge in [-0.3, -0.25) is 4.79 Å². The number of fused-ring (bicyclic) bond motifs is 1. The fraction of sp³-hybridized carbons (Fsp3) is 0.308. The zero-order valence-electron chi connectivity index (χ0n) is 8.99. The molecule has 2 rings (SSSR count). The van der Waals surface area contributed by atoms with Crippen molar-refractivity contribution in [2.75, 3.05) is 0 Å². The minimum atomic E-state index is 0.289. The molecule has 0 N–H and O–H groups in total. The van der Waals surface area contributed by atoms with Crippen LogP contribution in [0.2, 0.25) is 0 Å². The van der Waals surface area contributed by atoms with Crippen LogP contribution in [0.4, 0.5) is 0 Å². The lowest BCUT2D eigenvalue weighted by molar-refractivity contribution is 0.112. The lowest BCUT2D eigenvalue weighted by Crippen LogP contribution is -1.93. The molecule has 15 heavy (non-hydrogen) atoms. The zero-order chi connectivity index (χ0) is 10.8. The lowest BCUT2D eigenvalue weighted by atomic mass is 10.0. The number of para-hydroxylation sites is 1. The number of carbonyl (C=O) groups excluding carboxylic acids is 1. The van der Waals surface area contributed by atoms with Crippen molar-refractivity contribution in [2.24, 2.45) is 0 Å². The molecule has 0 aliphatic carbocycles. The molecule has 1 aromatic carbocycles. The van der Waals surface area contributed by atoms with Crippen molar-refractivity contribution in [2.45, 2.75) is 26.2 Å². The molecule has 0 bridgehead atoms. The predicted octanol–water partition coefficient (Wildman–Crippen LogP) is 3.76. The molecule has 1 atom stereocenters. The van der Waals surface area contributed by atoms with Gasteiger partial charge in [0.25, 0.3) is 0 Å². The van der Waals surface area contributed by atoms with Gasteiger partial charge in [-0.25, -0.2) is 0 Å². The Hall–Kier alpha value is -1.57. The highest BCUT2D eigenvalue weighted by atomic mass is 16.3. The largest absolute Gasteiger partial charge is 0.460 e. The van der Waals surface area contributed by atoms with Crippen molar-refractivity contribution >= 4 is 17.3 Å². The first kappa shape index (κ1) is 9.97. The van der Waals surface area contributed by atoms with E-state index in [0.717, 1.165) is 29.4 Å². The summed E-state index contributed by atoms with van der Waals surface area (Å²) in [7, 11) is 0. The van der Waals surface area contributed by atoms with E-state index in [9.17, 15) is 4.79 Å². The molecule has 0 spiro atoms. The predicted molar refractivity (Wildman–Crippen MR) is 60.3 cm³/mol. The van der Waals surface area contributed by atoms with Crippen molar-refractivity contribution in [3.63, 3.8) is 0 Å². The number of hydrogen-bond acceptors (Lipinski definition) is 2. The summed E-state index contributed by atoms with van der Waals surface area (Å²) in [5.41, 5.74) is 1.51. The minimum Gasteiger partial charge on any atom is -0.460 e. The first-order chi connectivity index (χ1) is 7.27. The monoisotopic (exact) mass is 202 g/mol. The topological polar surface area (TPSA) is 30.2 Å². The summed E-state index contributed by atoms with van der Waals surface area (Å²) in [6, 6.07) is 7.66. The summed E-state index contributed by atoms with van der Waals surface area (Å²) >= 11 is 0. The van der Waals surface area contributed by atoms with E-state index in [0.29, 0.717) is 5.56 Å². The summed E-state index contributed by atoms with van der Waals surface area (Å²) in [5.74, 6) is 1.10. The van der Waals surface area contributed by atoms with Crippen LogP contribution in [0.1, 0.15) is 42.3 Å². The molecule has 0 aliphatic rings. The summed E-state index contributed by atoms with van der Waals surface area (Å²) in [4.78, 5) is 11.1. The van der Waals surface area contributed by atoms with Crippen LogP contribution in [0.5, 0.6) is 0 Å². The minimum absolute atomic E-state index is 0.289. The molecular formula is C13H14O2. The van der Waals surface area contributed by atoms with Gasteiger partial charge < -0.3 is 4.42 Å². The Bertz CT molecular complexity index is 482. The Kier molecular flexibility index (Phi) is 2.58. The second kappa shape index (κ2) is 3.89. The van der Waals surface area contributed by atoms with Crippen molar-refractivity contribution in [1.29, 1.82) is 0 Å². The van der Waals surface area contributed by atoms with E-state index in [1.165, 1.54) is 0 Å². The highest BCUT2D eigenvalue weighted by molar-refractivity contribution is 5.97. The van der Waals surface area contributed by atoms with E-state index in [4.69, 9.17) is 4.42 Å². The smallest absolute Gasteiger partial charge is 0.154 e. The molecule has 2 aromatic rings. The molecule has 0 fully saturated rings. The van der Waals surface area contributed by atoms with Crippen LogP contribution in [-0.4, -0.2) is 6.29 Å². The van der Waals surface area contributed by atoms with Gasteiger partial charge >= 0.3 is 0 Å². The van der Waals surface area contributed by atoms with Crippen LogP contribution in [-0.2, 0) is 0 Å². The van der Waals surface area contributed by atoms with Gasteiger partial charge in [0.15, 0.2) is 6.29 Å². The van der Waals surface area contributed by atoms with Gasteiger partial charge in [0.05, 0.1) is 5.56 Å². The highest BCUT2D eigenvalue weighted by Crippen LogP contribution is 2.30. The van der Waals surface area contributed by atoms with Gasteiger partial charge in [0, 0.05) is 11.3 Å². The van der Waals surface area contributed by atoms with E-state index in [2.05, 4.69) is 13.8 Å². The number of benzene rings is 1. The Balaban J connectivity index is 2.69. The van der Waals surface area contributed by atoms with Gasteiger partial charge in [-0.15, -0.1) is 0 Å². The molecule has 1 aromatic heterocycles. The first-order valence-corrected chi connectivity index (χ1v) is 5.24. The summed E-state index contributed by atoms with van der Waals surface area (Å²) in [5, 5.41) is 0.919. The van der Waals surface area contributed by atoms with Crippen LogP contribution in [0, 0.1) is 0 Å². The van der Waals surface area contributed by atoms with Crippen LogP contribution < -0.4 is 0 Å². The number of aldehydes is 1. The second-order valence-corrected chi connectivity index (χ2v) is 3.80. The van der Waals surface area contributed by atoms with E-state index in [-0.39, 0.29) is 5.92 Å². The quantitative estimate of drug-likeness (QED) is 0.709. The zero-order valence-corrected chi connectivity index (χ0v) is 8.99. The van der Waals surface area contributed by atoms with E-state index >= 15 is 0 Å². The SMILES string of the molecule is CCC(C)c1oc2ccccc2c1C=O. The molecule has 1 unspecified atom stereocenters.